The van der Waals surface area contributed by atoms with Crippen LogP contribution in [-0.4, -0.2) is 21.0 Å². The van der Waals surface area contributed by atoms with Crippen LogP contribution in [0, 0.1) is 0 Å². The summed E-state index contributed by atoms with van der Waals surface area (Å²) in [5.74, 6) is 1.85. The fourth-order valence-electron chi connectivity index (χ4n) is 1.70. The second-order valence-corrected chi connectivity index (χ2v) is 5.57. The first kappa shape index (κ1) is 10.5. The summed E-state index contributed by atoms with van der Waals surface area (Å²) in [7, 11) is 0. The van der Waals surface area contributed by atoms with E-state index in [9.17, 15) is 0 Å². The number of hydrogen-bond donors (Lipinski definition) is 0. The monoisotopic (exact) mass is 269 g/mol. The Morgan fingerprint density at radius 2 is 2.31 bits per heavy atom. The second kappa shape index (κ2) is 3.98. The van der Waals surface area contributed by atoms with Crippen LogP contribution in [0.4, 0.5) is 0 Å². The Morgan fingerprint density at radius 3 is 3.12 bits per heavy atom. The standard InChI is InChI=1S/C10H8ClN3S2/c1-15-10-13-12-9-5-16-8-4-6(11)2-3-7(8)14(9)10/h2-4H,5H2,1H3. The van der Waals surface area contributed by atoms with Gasteiger partial charge in [-0.1, -0.05) is 23.4 Å². The minimum atomic E-state index is 0.772. The molecule has 82 valence electrons. The number of hydrogen-bond acceptors (Lipinski definition) is 4. The van der Waals surface area contributed by atoms with Gasteiger partial charge in [-0.3, -0.25) is 4.57 Å². The van der Waals surface area contributed by atoms with Crippen LogP contribution in [0.15, 0.2) is 28.3 Å². The topological polar surface area (TPSA) is 30.7 Å². The van der Waals surface area contributed by atoms with Crippen molar-refractivity contribution < 1.29 is 0 Å². The lowest BCUT2D eigenvalue weighted by molar-refractivity contribution is 0.841. The average Bonchev–Trinajstić information content (AvgIpc) is 2.71. The number of thioether (sulfide) groups is 2. The van der Waals surface area contributed by atoms with Gasteiger partial charge in [0.15, 0.2) is 5.16 Å². The quantitative estimate of drug-likeness (QED) is 0.744. The summed E-state index contributed by atoms with van der Waals surface area (Å²) in [4.78, 5) is 1.19. The lowest BCUT2D eigenvalue weighted by Gasteiger charge is -2.18. The van der Waals surface area contributed by atoms with E-state index in [0.29, 0.717) is 0 Å². The van der Waals surface area contributed by atoms with E-state index in [1.54, 1.807) is 23.5 Å². The van der Waals surface area contributed by atoms with Gasteiger partial charge in [-0.15, -0.1) is 22.0 Å². The smallest absolute Gasteiger partial charge is 0.195 e. The zero-order valence-electron chi connectivity index (χ0n) is 8.48. The zero-order chi connectivity index (χ0) is 11.1. The summed E-state index contributed by atoms with van der Waals surface area (Å²) in [6.07, 6.45) is 2.01. The van der Waals surface area contributed by atoms with Crippen LogP contribution < -0.4 is 0 Å². The van der Waals surface area contributed by atoms with Gasteiger partial charge in [0.25, 0.3) is 0 Å². The third-order valence-electron chi connectivity index (χ3n) is 2.40. The number of rotatable bonds is 1. The molecule has 1 aromatic heterocycles. The van der Waals surface area contributed by atoms with Gasteiger partial charge in [0.2, 0.25) is 0 Å². The van der Waals surface area contributed by atoms with E-state index < -0.39 is 0 Å². The average molecular weight is 270 g/mol. The molecule has 3 nitrogen and oxygen atoms in total. The van der Waals surface area contributed by atoms with Crippen LogP contribution in [0.25, 0.3) is 5.69 Å². The Hall–Kier alpha value is -0.650. The van der Waals surface area contributed by atoms with Crippen molar-refractivity contribution in [3.05, 3.63) is 29.0 Å². The summed E-state index contributed by atoms with van der Waals surface area (Å²) in [5, 5.41) is 10.1. The molecule has 1 aromatic carbocycles. The van der Waals surface area contributed by atoms with Crippen molar-refractivity contribution in [1.29, 1.82) is 0 Å². The molecule has 0 amide bonds. The normalized spacial score (nSPS) is 13.4. The number of nitrogens with zero attached hydrogens (tertiary/aromatic N) is 3. The minimum Gasteiger partial charge on any atom is -0.272 e. The Balaban J connectivity index is 2.24. The summed E-state index contributed by atoms with van der Waals surface area (Å²) < 4.78 is 2.10. The molecule has 0 saturated heterocycles. The highest BCUT2D eigenvalue weighted by Crippen LogP contribution is 2.37. The van der Waals surface area contributed by atoms with Crippen LogP contribution in [0.2, 0.25) is 5.02 Å². The largest absolute Gasteiger partial charge is 0.272 e. The van der Waals surface area contributed by atoms with Crippen molar-refractivity contribution in [1.82, 2.24) is 14.8 Å². The van der Waals surface area contributed by atoms with Crippen molar-refractivity contribution in [3.8, 4) is 5.69 Å². The number of aromatic nitrogens is 3. The van der Waals surface area contributed by atoms with Gasteiger partial charge in [-0.25, -0.2) is 0 Å². The lowest BCUT2D eigenvalue weighted by Crippen LogP contribution is -2.07. The van der Waals surface area contributed by atoms with E-state index in [2.05, 4.69) is 14.8 Å². The maximum Gasteiger partial charge on any atom is 0.195 e. The molecule has 6 heteroatoms. The fourth-order valence-corrected chi connectivity index (χ4v) is 3.43. The van der Waals surface area contributed by atoms with Crippen molar-refractivity contribution in [2.24, 2.45) is 0 Å². The first-order chi connectivity index (χ1) is 7.79. The first-order valence-electron chi connectivity index (χ1n) is 4.70. The molecule has 0 saturated carbocycles. The van der Waals surface area contributed by atoms with Crippen LogP contribution in [-0.2, 0) is 5.75 Å². The summed E-state index contributed by atoms with van der Waals surface area (Å²) in [6.45, 7) is 0. The Morgan fingerprint density at radius 1 is 1.44 bits per heavy atom. The van der Waals surface area contributed by atoms with E-state index in [0.717, 1.165) is 27.4 Å². The molecule has 0 spiro atoms. The molecule has 1 aliphatic heterocycles. The van der Waals surface area contributed by atoms with Gasteiger partial charge >= 0.3 is 0 Å². The molecular weight excluding hydrogens is 262 g/mol. The lowest BCUT2D eigenvalue weighted by atomic mass is 10.3. The third kappa shape index (κ3) is 1.54. The highest BCUT2D eigenvalue weighted by atomic mass is 35.5. The molecule has 2 aromatic rings. The van der Waals surface area contributed by atoms with Crippen LogP contribution >= 0.6 is 35.1 Å². The molecule has 0 atom stereocenters. The summed E-state index contributed by atoms with van der Waals surface area (Å²) >= 11 is 9.35. The molecule has 16 heavy (non-hydrogen) atoms. The van der Waals surface area contributed by atoms with E-state index in [-0.39, 0.29) is 0 Å². The van der Waals surface area contributed by atoms with Gasteiger partial charge in [-0.2, -0.15) is 0 Å². The molecule has 0 radical (unpaired) electrons. The predicted molar refractivity (Wildman–Crippen MR) is 67.7 cm³/mol. The zero-order valence-corrected chi connectivity index (χ0v) is 10.9. The van der Waals surface area contributed by atoms with Crippen molar-refractivity contribution in [2.75, 3.05) is 6.26 Å². The maximum absolute atomic E-state index is 5.99. The molecule has 0 aliphatic carbocycles. The Labute approximate surface area is 107 Å². The van der Waals surface area contributed by atoms with E-state index in [4.69, 9.17) is 11.6 Å². The van der Waals surface area contributed by atoms with E-state index in [1.165, 1.54) is 4.90 Å². The van der Waals surface area contributed by atoms with Crippen molar-refractivity contribution >= 4 is 35.1 Å². The second-order valence-electron chi connectivity index (χ2n) is 3.34. The van der Waals surface area contributed by atoms with Gasteiger partial charge in [0.1, 0.15) is 5.82 Å². The van der Waals surface area contributed by atoms with E-state index in [1.807, 2.05) is 24.5 Å². The van der Waals surface area contributed by atoms with Gasteiger partial charge in [-0.05, 0) is 24.5 Å². The Bertz CT molecular complexity index is 539. The van der Waals surface area contributed by atoms with Crippen LogP contribution in [0.5, 0.6) is 0 Å². The maximum atomic E-state index is 5.99. The van der Waals surface area contributed by atoms with Crippen LogP contribution in [0.3, 0.4) is 0 Å². The Kier molecular flexibility index (Phi) is 2.61. The summed E-state index contributed by atoms with van der Waals surface area (Å²) in [5.41, 5.74) is 1.13. The third-order valence-corrected chi connectivity index (χ3v) is 4.31. The molecule has 2 heterocycles. The predicted octanol–water partition coefficient (Wildman–Crippen LogP) is 3.25. The minimum absolute atomic E-state index is 0.772. The van der Waals surface area contributed by atoms with Gasteiger partial charge < -0.3 is 0 Å². The molecule has 0 unspecified atom stereocenters. The number of benzene rings is 1. The molecule has 3 rings (SSSR count). The van der Waals surface area contributed by atoms with Crippen LogP contribution in [0.1, 0.15) is 5.82 Å². The SMILES string of the molecule is CSc1nnc2n1-c1ccc(Cl)cc1SC2. The van der Waals surface area contributed by atoms with Gasteiger partial charge in [0, 0.05) is 9.92 Å². The van der Waals surface area contributed by atoms with Crippen molar-refractivity contribution in [3.63, 3.8) is 0 Å². The van der Waals surface area contributed by atoms with Gasteiger partial charge in [0.05, 0.1) is 11.4 Å². The highest BCUT2D eigenvalue weighted by Gasteiger charge is 2.21. The van der Waals surface area contributed by atoms with Crippen molar-refractivity contribution in [2.45, 2.75) is 15.8 Å². The molecule has 1 aliphatic rings. The first-order valence-corrected chi connectivity index (χ1v) is 7.29. The fraction of sp³-hybridized carbons (Fsp3) is 0.200. The molecular formula is C10H8ClN3S2. The highest BCUT2D eigenvalue weighted by molar-refractivity contribution is 7.99. The molecule has 0 bridgehead atoms. The summed E-state index contributed by atoms with van der Waals surface area (Å²) in [6, 6.07) is 5.92. The molecule has 0 fully saturated rings. The number of fused-ring (bicyclic) bond motifs is 3. The van der Waals surface area contributed by atoms with E-state index >= 15 is 0 Å². The number of halogens is 1. The molecule has 0 N–H and O–H groups in total.